The minimum Gasteiger partial charge on any atom is -0.497 e. The van der Waals surface area contributed by atoms with Crippen molar-refractivity contribution in [2.24, 2.45) is 0 Å². The molecule has 21 heavy (non-hydrogen) atoms. The molecular weight excluding hydrogens is 391 g/mol. The molecule has 2 rings (SSSR count). The van der Waals surface area contributed by atoms with E-state index in [0.717, 1.165) is 0 Å². The summed E-state index contributed by atoms with van der Waals surface area (Å²) >= 11 is 2.06. The Hall–Kier alpha value is -0.900. The van der Waals surface area contributed by atoms with Gasteiger partial charge in [0.15, 0.2) is 12.4 Å². The molecule has 116 valence electrons. The van der Waals surface area contributed by atoms with Crippen molar-refractivity contribution < 1.29 is 29.2 Å². The predicted molar refractivity (Wildman–Crippen MR) is 82.6 cm³/mol. The lowest BCUT2D eigenvalue weighted by Crippen LogP contribution is -2.51. The zero-order valence-corrected chi connectivity index (χ0v) is 13.6. The third-order valence-corrected chi connectivity index (χ3v) is 4.11. The summed E-state index contributed by atoms with van der Waals surface area (Å²) in [5.41, 5.74) is 0.362. The molecule has 0 saturated carbocycles. The SMILES string of the molecule is COc1ccc(C(=O)O[C@H]2[C@@H](O)C[C@@H](O)O[C@@H]2CI)cc1. The number of carbonyl (C=O) groups is 1. The van der Waals surface area contributed by atoms with E-state index < -0.39 is 30.6 Å². The quantitative estimate of drug-likeness (QED) is 0.442. The first-order valence-corrected chi connectivity index (χ1v) is 8.00. The molecule has 1 heterocycles. The average molecular weight is 408 g/mol. The number of hydrogen-bond acceptors (Lipinski definition) is 6. The van der Waals surface area contributed by atoms with E-state index in [2.05, 4.69) is 22.6 Å². The van der Waals surface area contributed by atoms with Gasteiger partial charge in [-0.15, -0.1) is 0 Å². The molecule has 2 N–H and O–H groups in total. The van der Waals surface area contributed by atoms with Crippen molar-refractivity contribution in [1.29, 1.82) is 0 Å². The summed E-state index contributed by atoms with van der Waals surface area (Å²) in [6.45, 7) is 0. The number of halogens is 1. The third-order valence-electron chi connectivity index (χ3n) is 3.24. The molecule has 0 radical (unpaired) electrons. The second kappa shape index (κ2) is 7.39. The van der Waals surface area contributed by atoms with Crippen LogP contribution in [0, 0.1) is 0 Å². The number of alkyl halides is 1. The van der Waals surface area contributed by atoms with Gasteiger partial charge in [0, 0.05) is 10.8 Å². The van der Waals surface area contributed by atoms with Crippen molar-refractivity contribution in [3.8, 4) is 5.75 Å². The minimum atomic E-state index is -1.03. The van der Waals surface area contributed by atoms with Crippen molar-refractivity contribution in [3.05, 3.63) is 29.8 Å². The molecule has 1 aromatic rings. The Balaban J connectivity index is 2.05. The van der Waals surface area contributed by atoms with Crippen LogP contribution in [-0.4, -0.2) is 52.3 Å². The molecule has 1 aliphatic rings. The summed E-state index contributed by atoms with van der Waals surface area (Å²) in [5.74, 6) is 0.0948. The van der Waals surface area contributed by atoms with E-state index >= 15 is 0 Å². The monoisotopic (exact) mass is 408 g/mol. The molecule has 0 unspecified atom stereocenters. The fraction of sp³-hybridized carbons (Fsp3) is 0.500. The highest BCUT2D eigenvalue weighted by molar-refractivity contribution is 14.1. The summed E-state index contributed by atoms with van der Waals surface area (Å²) in [6.07, 6.45) is -3.29. The summed E-state index contributed by atoms with van der Waals surface area (Å²) < 4.78 is 16.1. The highest BCUT2D eigenvalue weighted by Gasteiger charge is 2.39. The van der Waals surface area contributed by atoms with Gasteiger partial charge in [-0.1, -0.05) is 22.6 Å². The normalized spacial score (nSPS) is 29.0. The van der Waals surface area contributed by atoms with Crippen molar-refractivity contribution in [2.75, 3.05) is 11.5 Å². The number of carbonyl (C=O) groups excluding carboxylic acids is 1. The lowest BCUT2D eigenvalue weighted by atomic mass is 10.0. The van der Waals surface area contributed by atoms with Crippen molar-refractivity contribution in [1.82, 2.24) is 0 Å². The minimum absolute atomic E-state index is 0.0215. The van der Waals surface area contributed by atoms with E-state index in [1.54, 1.807) is 31.4 Å². The van der Waals surface area contributed by atoms with Crippen LogP contribution in [0.4, 0.5) is 0 Å². The van der Waals surface area contributed by atoms with Gasteiger partial charge < -0.3 is 24.4 Å². The van der Waals surface area contributed by atoms with Gasteiger partial charge in [0.05, 0.1) is 18.8 Å². The van der Waals surface area contributed by atoms with Gasteiger partial charge in [0.25, 0.3) is 0 Å². The van der Waals surface area contributed by atoms with E-state index in [1.165, 1.54) is 0 Å². The van der Waals surface area contributed by atoms with E-state index in [9.17, 15) is 15.0 Å². The Bertz CT molecular complexity index is 477. The Labute approximate surface area is 136 Å². The number of benzene rings is 1. The molecular formula is C14H17IO6. The highest BCUT2D eigenvalue weighted by Crippen LogP contribution is 2.24. The maximum Gasteiger partial charge on any atom is 0.338 e. The lowest BCUT2D eigenvalue weighted by molar-refractivity contribution is -0.224. The first-order chi connectivity index (χ1) is 10.0. The van der Waals surface area contributed by atoms with Crippen LogP contribution in [0.3, 0.4) is 0 Å². The standard InChI is InChI=1S/C14H17IO6/c1-19-9-4-2-8(3-5-9)14(18)21-13-10(16)6-12(17)20-11(13)7-15/h2-5,10-13,16-17H,6-7H2,1H3/t10-,11+,12-,13-/m0/s1. The Kier molecular flexibility index (Phi) is 5.80. The number of esters is 1. The Morgan fingerprint density at radius 1 is 1.38 bits per heavy atom. The number of ether oxygens (including phenoxy) is 3. The molecule has 0 aliphatic carbocycles. The Morgan fingerprint density at radius 3 is 2.62 bits per heavy atom. The number of rotatable bonds is 4. The van der Waals surface area contributed by atoms with Crippen molar-refractivity contribution in [2.45, 2.75) is 31.0 Å². The fourth-order valence-electron chi connectivity index (χ4n) is 2.12. The highest BCUT2D eigenvalue weighted by atomic mass is 127. The molecule has 4 atom stereocenters. The van der Waals surface area contributed by atoms with Crippen LogP contribution >= 0.6 is 22.6 Å². The number of aliphatic hydroxyl groups is 2. The summed E-state index contributed by atoms with van der Waals surface area (Å²) in [4.78, 5) is 12.1. The van der Waals surface area contributed by atoms with Gasteiger partial charge in [-0.25, -0.2) is 4.79 Å². The zero-order valence-electron chi connectivity index (χ0n) is 11.4. The topological polar surface area (TPSA) is 85.2 Å². The zero-order chi connectivity index (χ0) is 15.4. The summed E-state index contributed by atoms with van der Waals surface area (Å²) in [5, 5.41) is 19.4. The van der Waals surface area contributed by atoms with E-state index in [4.69, 9.17) is 14.2 Å². The molecule has 1 aliphatic heterocycles. The van der Waals surface area contributed by atoms with Crippen LogP contribution in [0.15, 0.2) is 24.3 Å². The number of hydrogen-bond donors (Lipinski definition) is 2. The van der Waals surface area contributed by atoms with Crippen molar-refractivity contribution in [3.63, 3.8) is 0 Å². The van der Waals surface area contributed by atoms with E-state index in [1.807, 2.05) is 0 Å². The van der Waals surface area contributed by atoms with Crippen LogP contribution in [0.5, 0.6) is 5.75 Å². The fourth-order valence-corrected chi connectivity index (χ4v) is 2.83. The van der Waals surface area contributed by atoms with Gasteiger partial charge in [-0.3, -0.25) is 0 Å². The molecule has 0 bridgehead atoms. The Morgan fingerprint density at radius 2 is 2.05 bits per heavy atom. The molecule has 0 aromatic heterocycles. The van der Waals surface area contributed by atoms with Gasteiger partial charge in [0.2, 0.25) is 0 Å². The van der Waals surface area contributed by atoms with Crippen LogP contribution in [-0.2, 0) is 9.47 Å². The second-order valence-electron chi connectivity index (χ2n) is 4.68. The molecule has 7 heteroatoms. The van der Waals surface area contributed by atoms with Crippen LogP contribution < -0.4 is 4.74 Å². The molecule has 6 nitrogen and oxygen atoms in total. The lowest BCUT2D eigenvalue weighted by Gasteiger charge is -2.36. The number of methoxy groups -OCH3 is 1. The van der Waals surface area contributed by atoms with Crippen molar-refractivity contribution >= 4 is 28.6 Å². The number of aliphatic hydroxyl groups excluding tert-OH is 2. The second-order valence-corrected chi connectivity index (χ2v) is 5.57. The van der Waals surface area contributed by atoms with Crippen LogP contribution in [0.1, 0.15) is 16.8 Å². The van der Waals surface area contributed by atoms with Gasteiger partial charge in [-0.05, 0) is 24.3 Å². The smallest absolute Gasteiger partial charge is 0.338 e. The van der Waals surface area contributed by atoms with Gasteiger partial charge in [-0.2, -0.15) is 0 Å². The maximum absolute atomic E-state index is 12.1. The van der Waals surface area contributed by atoms with E-state index in [0.29, 0.717) is 15.7 Å². The van der Waals surface area contributed by atoms with Gasteiger partial charge >= 0.3 is 5.97 Å². The molecule has 1 fully saturated rings. The van der Waals surface area contributed by atoms with Crippen LogP contribution in [0.2, 0.25) is 0 Å². The molecule has 1 saturated heterocycles. The summed E-state index contributed by atoms with van der Waals surface area (Å²) in [7, 11) is 1.54. The average Bonchev–Trinajstić information content (AvgIpc) is 2.49. The van der Waals surface area contributed by atoms with Gasteiger partial charge in [0.1, 0.15) is 11.9 Å². The largest absolute Gasteiger partial charge is 0.497 e. The van der Waals surface area contributed by atoms with E-state index in [-0.39, 0.29) is 6.42 Å². The van der Waals surface area contributed by atoms with Crippen LogP contribution in [0.25, 0.3) is 0 Å². The molecule has 0 spiro atoms. The first kappa shape index (κ1) is 16.5. The first-order valence-electron chi connectivity index (χ1n) is 6.47. The third kappa shape index (κ3) is 4.06. The maximum atomic E-state index is 12.1. The predicted octanol–water partition coefficient (Wildman–Crippen LogP) is 1.12. The summed E-state index contributed by atoms with van der Waals surface area (Å²) in [6, 6.07) is 6.49. The molecule has 0 amide bonds. The molecule has 1 aromatic carbocycles.